The van der Waals surface area contributed by atoms with Gasteiger partial charge >= 0.3 is 0 Å². The fraction of sp³-hybridized carbons (Fsp3) is 0.111. The van der Waals surface area contributed by atoms with E-state index in [-0.39, 0.29) is 0 Å². The maximum Gasteiger partial charge on any atom is 0.118 e. The summed E-state index contributed by atoms with van der Waals surface area (Å²) >= 11 is 0. The molecule has 0 saturated carbocycles. The van der Waals surface area contributed by atoms with Crippen LogP contribution in [0.5, 0.6) is 5.75 Å². The van der Waals surface area contributed by atoms with Gasteiger partial charge in [-0.2, -0.15) is 0 Å². The van der Waals surface area contributed by atoms with E-state index >= 15 is 0 Å². The smallest absolute Gasteiger partial charge is 0.118 e. The number of nitrogens with zero attached hydrogens (tertiary/aromatic N) is 2. The molecule has 75 heavy (non-hydrogen) atoms. The Morgan fingerprint density at radius 1 is 0.293 bits per heavy atom. The molecule has 0 saturated heterocycles. The molecule has 0 spiro atoms. The maximum atomic E-state index is 5.33. The zero-order chi connectivity index (χ0) is 51.3. The summed E-state index contributed by atoms with van der Waals surface area (Å²) in [5, 5.41) is 0. The minimum absolute atomic E-state index is 0.858. The molecule has 10 aromatic carbocycles. The highest BCUT2D eigenvalue weighted by Gasteiger charge is 2.15. The molecule has 0 heterocycles. The third-order valence-corrected chi connectivity index (χ3v) is 13.9. The van der Waals surface area contributed by atoms with Gasteiger partial charge in [0.15, 0.2) is 0 Å². The first-order chi connectivity index (χ1) is 36.9. The van der Waals surface area contributed by atoms with Crippen molar-refractivity contribution in [3.63, 3.8) is 0 Å². The number of anilines is 6. The van der Waals surface area contributed by atoms with Gasteiger partial charge in [0, 0.05) is 34.1 Å². The molecule has 3 heteroatoms. The van der Waals surface area contributed by atoms with Crippen molar-refractivity contribution in [2.75, 3.05) is 16.9 Å². The van der Waals surface area contributed by atoms with Gasteiger partial charge in [-0.05, 0) is 171 Å². The Kier molecular flexibility index (Phi) is 15.7. The molecule has 0 aliphatic heterocycles. The highest BCUT2D eigenvalue weighted by molar-refractivity contribution is 5.82. The minimum Gasteiger partial charge on any atom is -0.497 e. The normalized spacial score (nSPS) is 11.3. The molecule has 0 N–H and O–H groups in total. The zero-order valence-electron chi connectivity index (χ0n) is 43.5. The average molecular weight is 973 g/mol. The van der Waals surface area contributed by atoms with Crippen molar-refractivity contribution in [1.29, 1.82) is 0 Å². The van der Waals surface area contributed by atoms with E-state index in [1.807, 2.05) is 12.1 Å². The second-order valence-corrected chi connectivity index (χ2v) is 19.3. The quantitative estimate of drug-likeness (QED) is 0.0797. The van der Waals surface area contributed by atoms with E-state index in [2.05, 4.69) is 285 Å². The number of methoxy groups -OCH3 is 1. The molecular formula is C72H64N2O. The van der Waals surface area contributed by atoms with Gasteiger partial charge in [-0.25, -0.2) is 0 Å². The van der Waals surface area contributed by atoms with Gasteiger partial charge in [-0.3, -0.25) is 0 Å². The first-order valence-electron chi connectivity index (χ1n) is 26.4. The Hall–Kier alpha value is -8.92. The number of benzene rings is 10. The van der Waals surface area contributed by atoms with Crippen molar-refractivity contribution in [2.45, 2.75) is 46.5 Å². The predicted octanol–water partition coefficient (Wildman–Crippen LogP) is 20.2. The van der Waals surface area contributed by atoms with Crippen molar-refractivity contribution < 1.29 is 4.74 Å². The Bertz CT molecular complexity index is 3450. The molecule has 368 valence electrons. The SMILES string of the molecule is CCCc1ccc(N(c2ccc(/C=C/c3ccc(C)cc3)cc2)c2ccc(-c3ccc(-c4ccc(-c5ccc(N(c6ccc(/C=C/c7ccc(OC)cc7)cc6)c6ccc(CCC)cc6)cc5)cc4)cc3)cc2)cc1. The van der Waals surface area contributed by atoms with Crippen molar-refractivity contribution in [3.8, 4) is 39.1 Å². The Morgan fingerprint density at radius 3 is 0.787 bits per heavy atom. The zero-order valence-corrected chi connectivity index (χ0v) is 43.5. The molecule has 0 atom stereocenters. The molecule has 0 aliphatic rings. The van der Waals surface area contributed by atoms with Crippen molar-refractivity contribution in [1.82, 2.24) is 0 Å². The summed E-state index contributed by atoms with van der Waals surface area (Å²) in [7, 11) is 1.69. The molecule has 10 aromatic rings. The fourth-order valence-electron chi connectivity index (χ4n) is 9.66. The summed E-state index contributed by atoms with van der Waals surface area (Å²) in [5.74, 6) is 0.858. The Balaban J connectivity index is 0.833. The first-order valence-corrected chi connectivity index (χ1v) is 26.4. The van der Waals surface area contributed by atoms with E-state index in [4.69, 9.17) is 4.74 Å². The van der Waals surface area contributed by atoms with E-state index in [0.29, 0.717) is 0 Å². The van der Waals surface area contributed by atoms with Crippen LogP contribution >= 0.6 is 0 Å². The lowest BCUT2D eigenvalue weighted by molar-refractivity contribution is 0.415. The number of rotatable bonds is 18. The molecular weight excluding hydrogens is 909 g/mol. The second-order valence-electron chi connectivity index (χ2n) is 19.3. The molecule has 0 unspecified atom stereocenters. The van der Waals surface area contributed by atoms with Gasteiger partial charge in [0.25, 0.3) is 0 Å². The lowest BCUT2D eigenvalue weighted by atomic mass is 9.97. The lowest BCUT2D eigenvalue weighted by Crippen LogP contribution is -2.10. The molecule has 0 bridgehead atoms. The summed E-state index contributed by atoms with van der Waals surface area (Å²) < 4.78 is 5.33. The van der Waals surface area contributed by atoms with Gasteiger partial charge < -0.3 is 14.5 Å². The summed E-state index contributed by atoms with van der Waals surface area (Å²) in [5.41, 5.74) is 22.4. The van der Waals surface area contributed by atoms with Crippen LogP contribution < -0.4 is 14.5 Å². The summed E-state index contributed by atoms with van der Waals surface area (Å²) in [6.07, 6.45) is 13.1. The molecule has 10 rings (SSSR count). The van der Waals surface area contributed by atoms with Crippen LogP contribution in [0.4, 0.5) is 34.1 Å². The van der Waals surface area contributed by atoms with Gasteiger partial charge in [0.2, 0.25) is 0 Å². The molecule has 3 nitrogen and oxygen atoms in total. The topological polar surface area (TPSA) is 15.7 Å². The van der Waals surface area contributed by atoms with E-state index in [1.165, 1.54) is 61.2 Å². The van der Waals surface area contributed by atoms with Crippen LogP contribution in [0.3, 0.4) is 0 Å². The predicted molar refractivity (Wildman–Crippen MR) is 322 cm³/mol. The molecule has 0 fully saturated rings. The molecule has 0 amide bonds. The molecule has 0 radical (unpaired) electrons. The summed E-state index contributed by atoms with van der Waals surface area (Å²) in [6.45, 7) is 6.58. The Morgan fingerprint density at radius 2 is 0.520 bits per heavy atom. The van der Waals surface area contributed by atoms with Crippen LogP contribution in [0.1, 0.15) is 65.6 Å². The monoisotopic (exact) mass is 973 g/mol. The van der Waals surface area contributed by atoms with E-state index in [1.54, 1.807) is 7.11 Å². The van der Waals surface area contributed by atoms with Crippen LogP contribution in [0, 0.1) is 6.92 Å². The number of ether oxygens (including phenoxy) is 1. The first kappa shape index (κ1) is 49.6. The third kappa shape index (κ3) is 12.3. The van der Waals surface area contributed by atoms with Gasteiger partial charge in [0.05, 0.1) is 7.11 Å². The van der Waals surface area contributed by atoms with Gasteiger partial charge in [0.1, 0.15) is 5.75 Å². The van der Waals surface area contributed by atoms with Crippen LogP contribution in [-0.2, 0) is 12.8 Å². The number of aryl methyl sites for hydroxylation is 3. The maximum absolute atomic E-state index is 5.33. The van der Waals surface area contributed by atoms with E-state index in [0.717, 1.165) is 76.7 Å². The van der Waals surface area contributed by atoms with Crippen LogP contribution in [0.25, 0.3) is 57.7 Å². The van der Waals surface area contributed by atoms with Gasteiger partial charge in [-0.15, -0.1) is 0 Å². The van der Waals surface area contributed by atoms with Gasteiger partial charge in [-0.1, -0.05) is 214 Å². The van der Waals surface area contributed by atoms with Crippen LogP contribution in [-0.4, -0.2) is 7.11 Å². The summed E-state index contributed by atoms with van der Waals surface area (Å²) in [6, 6.07) is 88.2. The van der Waals surface area contributed by atoms with Crippen LogP contribution in [0.2, 0.25) is 0 Å². The second kappa shape index (κ2) is 23.7. The number of hydrogen-bond donors (Lipinski definition) is 0. The standard InChI is InChI=1S/C72H64N2O/c1-5-7-54-17-39-66(40-18-54)73(68-43-21-57(22-44-68)14-13-56-11-9-53(3)10-12-56)70-47-35-64(36-48-70)62-31-27-60(28-32-62)61-29-33-63(34-30-61)65-37-49-71(50-38-65)74(67-41-19-55(8-6-2)20-42-67)69-45-23-58(24-46-69)15-16-59-25-51-72(75-4)52-26-59/h9-52H,5-8H2,1-4H3/b14-13+,16-15+. The third-order valence-electron chi connectivity index (χ3n) is 13.9. The number of hydrogen-bond acceptors (Lipinski definition) is 3. The highest BCUT2D eigenvalue weighted by atomic mass is 16.5. The Labute approximate surface area is 445 Å². The van der Waals surface area contributed by atoms with Crippen molar-refractivity contribution in [3.05, 3.63) is 282 Å². The largest absolute Gasteiger partial charge is 0.497 e. The fourth-order valence-corrected chi connectivity index (χ4v) is 9.66. The molecule has 0 aromatic heterocycles. The van der Waals surface area contributed by atoms with Crippen LogP contribution in [0.15, 0.2) is 243 Å². The average Bonchev–Trinajstić information content (AvgIpc) is 3.47. The van der Waals surface area contributed by atoms with Crippen molar-refractivity contribution in [2.24, 2.45) is 0 Å². The lowest BCUT2D eigenvalue weighted by Gasteiger charge is -2.26. The van der Waals surface area contributed by atoms with E-state index < -0.39 is 0 Å². The minimum atomic E-state index is 0.858. The van der Waals surface area contributed by atoms with E-state index in [9.17, 15) is 0 Å². The van der Waals surface area contributed by atoms with Crippen molar-refractivity contribution >= 4 is 58.4 Å². The molecule has 0 aliphatic carbocycles. The highest BCUT2D eigenvalue weighted by Crippen LogP contribution is 2.39. The summed E-state index contributed by atoms with van der Waals surface area (Å²) in [4.78, 5) is 4.69.